The van der Waals surface area contributed by atoms with Gasteiger partial charge in [0.2, 0.25) is 5.88 Å². The van der Waals surface area contributed by atoms with Crippen LogP contribution in [-0.4, -0.2) is 22.5 Å². The van der Waals surface area contributed by atoms with Crippen molar-refractivity contribution in [2.45, 2.75) is 25.7 Å². The zero-order valence-electron chi connectivity index (χ0n) is 13.7. The minimum absolute atomic E-state index is 0.165. The van der Waals surface area contributed by atoms with Crippen LogP contribution in [-0.2, 0) is 17.6 Å². The summed E-state index contributed by atoms with van der Waals surface area (Å²) in [5, 5.41) is 3.36. The second-order valence-corrected chi connectivity index (χ2v) is 7.12. The third kappa shape index (κ3) is 3.24. The molecular formula is C18H15F2N3O2S. The standard InChI is InChI=1S/C18H15F2N3O2S/c19-12-6-5-10(7-13(12)20)23-15(24)8-25-17-16-11-3-1-2-4-14(11)26-18(16)22-9-21-17/h5-7,9H,1-4,8H2,(H,23,24). The van der Waals surface area contributed by atoms with Crippen molar-refractivity contribution in [1.82, 2.24) is 9.97 Å². The summed E-state index contributed by atoms with van der Waals surface area (Å²) in [6.45, 7) is -0.282. The van der Waals surface area contributed by atoms with Gasteiger partial charge in [0.15, 0.2) is 18.2 Å². The molecule has 0 radical (unpaired) electrons. The number of carbonyl (C=O) groups excluding carboxylic acids is 1. The van der Waals surface area contributed by atoms with Crippen molar-refractivity contribution in [3.8, 4) is 5.88 Å². The van der Waals surface area contributed by atoms with E-state index in [-0.39, 0.29) is 12.3 Å². The van der Waals surface area contributed by atoms with E-state index in [1.807, 2.05) is 0 Å². The van der Waals surface area contributed by atoms with Gasteiger partial charge in [0.1, 0.15) is 11.2 Å². The Balaban J connectivity index is 1.50. The molecule has 0 aliphatic heterocycles. The lowest BCUT2D eigenvalue weighted by Gasteiger charge is -2.12. The molecule has 1 amide bonds. The summed E-state index contributed by atoms with van der Waals surface area (Å²) in [6.07, 6.45) is 5.70. The molecular weight excluding hydrogens is 360 g/mol. The predicted octanol–water partition coefficient (Wildman–Crippen LogP) is 3.87. The van der Waals surface area contributed by atoms with Crippen molar-refractivity contribution in [1.29, 1.82) is 0 Å². The molecule has 2 aromatic heterocycles. The average Bonchev–Trinajstić information content (AvgIpc) is 3.02. The van der Waals surface area contributed by atoms with Crippen molar-refractivity contribution in [2.75, 3.05) is 11.9 Å². The van der Waals surface area contributed by atoms with E-state index >= 15 is 0 Å². The van der Waals surface area contributed by atoms with Gasteiger partial charge < -0.3 is 10.1 Å². The molecule has 0 unspecified atom stereocenters. The number of anilines is 1. The van der Waals surface area contributed by atoms with E-state index < -0.39 is 17.5 Å². The molecule has 1 aliphatic carbocycles. The van der Waals surface area contributed by atoms with E-state index in [0.717, 1.165) is 41.6 Å². The molecule has 0 saturated heterocycles. The number of aryl methyl sites for hydroxylation is 2. The third-order valence-electron chi connectivity index (χ3n) is 4.26. The second-order valence-electron chi connectivity index (χ2n) is 6.04. The molecule has 0 bridgehead atoms. The van der Waals surface area contributed by atoms with Crippen molar-refractivity contribution in [2.24, 2.45) is 0 Å². The van der Waals surface area contributed by atoms with Crippen molar-refractivity contribution in [3.63, 3.8) is 0 Å². The first-order valence-electron chi connectivity index (χ1n) is 8.25. The molecule has 2 heterocycles. The van der Waals surface area contributed by atoms with E-state index in [1.165, 1.54) is 29.3 Å². The Labute approximate surface area is 152 Å². The Morgan fingerprint density at radius 1 is 1.19 bits per heavy atom. The summed E-state index contributed by atoms with van der Waals surface area (Å²) in [7, 11) is 0. The first-order valence-corrected chi connectivity index (χ1v) is 9.06. The summed E-state index contributed by atoms with van der Waals surface area (Å²) in [4.78, 5) is 22.7. The smallest absolute Gasteiger partial charge is 0.262 e. The highest BCUT2D eigenvalue weighted by Crippen LogP contribution is 2.38. The maximum absolute atomic E-state index is 13.2. The first kappa shape index (κ1) is 16.8. The highest BCUT2D eigenvalue weighted by Gasteiger charge is 2.21. The normalized spacial score (nSPS) is 13.5. The Morgan fingerprint density at radius 3 is 2.88 bits per heavy atom. The molecule has 0 atom stereocenters. The summed E-state index contributed by atoms with van der Waals surface area (Å²) in [5.41, 5.74) is 1.38. The fraction of sp³-hybridized carbons (Fsp3) is 0.278. The second kappa shape index (κ2) is 6.95. The number of amides is 1. The van der Waals surface area contributed by atoms with Gasteiger partial charge in [0.25, 0.3) is 5.91 Å². The average molecular weight is 375 g/mol. The number of nitrogens with zero attached hydrogens (tertiary/aromatic N) is 2. The molecule has 8 heteroatoms. The lowest BCUT2D eigenvalue weighted by Crippen LogP contribution is -2.20. The first-order chi connectivity index (χ1) is 12.6. The number of benzene rings is 1. The quantitative estimate of drug-likeness (QED) is 0.752. The molecule has 5 nitrogen and oxygen atoms in total. The Hall–Kier alpha value is -2.61. The lowest BCUT2D eigenvalue weighted by molar-refractivity contribution is -0.118. The molecule has 134 valence electrons. The molecule has 0 spiro atoms. The van der Waals surface area contributed by atoms with Crippen LogP contribution < -0.4 is 10.1 Å². The van der Waals surface area contributed by atoms with Gasteiger partial charge in [0, 0.05) is 16.6 Å². The topological polar surface area (TPSA) is 64.1 Å². The zero-order chi connectivity index (χ0) is 18.1. The van der Waals surface area contributed by atoms with Crippen LogP contribution in [0, 0.1) is 11.6 Å². The molecule has 1 N–H and O–H groups in total. The molecule has 0 saturated carbocycles. The van der Waals surface area contributed by atoms with Crippen LogP contribution in [0.3, 0.4) is 0 Å². The fourth-order valence-corrected chi connectivity index (χ4v) is 4.30. The number of thiophene rings is 1. The van der Waals surface area contributed by atoms with Crippen LogP contribution in [0.5, 0.6) is 5.88 Å². The zero-order valence-corrected chi connectivity index (χ0v) is 14.5. The Kier molecular flexibility index (Phi) is 4.50. The van der Waals surface area contributed by atoms with Crippen molar-refractivity contribution < 1.29 is 18.3 Å². The SMILES string of the molecule is O=C(COc1ncnc2sc3c(c12)CCCC3)Nc1ccc(F)c(F)c1. The van der Waals surface area contributed by atoms with E-state index in [0.29, 0.717) is 5.88 Å². The number of nitrogens with one attached hydrogen (secondary N) is 1. The van der Waals surface area contributed by atoms with Gasteiger partial charge in [-0.3, -0.25) is 4.79 Å². The summed E-state index contributed by atoms with van der Waals surface area (Å²) in [6, 6.07) is 3.16. The van der Waals surface area contributed by atoms with Gasteiger partial charge >= 0.3 is 0 Å². The number of hydrogen-bond donors (Lipinski definition) is 1. The number of hydrogen-bond acceptors (Lipinski definition) is 5. The van der Waals surface area contributed by atoms with Crippen LogP contribution in [0.15, 0.2) is 24.5 Å². The third-order valence-corrected chi connectivity index (χ3v) is 5.46. The predicted molar refractivity (Wildman–Crippen MR) is 94.5 cm³/mol. The van der Waals surface area contributed by atoms with Crippen molar-refractivity contribution >= 4 is 33.1 Å². The van der Waals surface area contributed by atoms with E-state index in [4.69, 9.17) is 4.74 Å². The van der Waals surface area contributed by atoms with Crippen LogP contribution in [0.25, 0.3) is 10.2 Å². The largest absolute Gasteiger partial charge is 0.467 e. The summed E-state index contributed by atoms with van der Waals surface area (Å²) >= 11 is 1.64. The maximum atomic E-state index is 13.2. The van der Waals surface area contributed by atoms with Crippen LogP contribution >= 0.6 is 11.3 Å². The molecule has 1 aliphatic rings. The van der Waals surface area contributed by atoms with Gasteiger partial charge in [-0.15, -0.1) is 11.3 Å². The van der Waals surface area contributed by atoms with E-state index in [2.05, 4.69) is 15.3 Å². The van der Waals surface area contributed by atoms with Crippen LogP contribution in [0.1, 0.15) is 23.3 Å². The van der Waals surface area contributed by atoms with Gasteiger partial charge in [-0.2, -0.15) is 0 Å². The monoisotopic (exact) mass is 375 g/mol. The van der Waals surface area contributed by atoms with Crippen LogP contribution in [0.4, 0.5) is 14.5 Å². The molecule has 4 rings (SSSR count). The highest BCUT2D eigenvalue weighted by atomic mass is 32.1. The highest BCUT2D eigenvalue weighted by molar-refractivity contribution is 7.18. The number of carbonyl (C=O) groups is 1. The Morgan fingerprint density at radius 2 is 2.04 bits per heavy atom. The number of rotatable bonds is 4. The number of fused-ring (bicyclic) bond motifs is 3. The minimum Gasteiger partial charge on any atom is -0.467 e. The Bertz CT molecular complexity index is 990. The molecule has 0 fully saturated rings. The molecule has 3 aromatic rings. The van der Waals surface area contributed by atoms with Gasteiger partial charge in [-0.25, -0.2) is 18.7 Å². The molecule has 26 heavy (non-hydrogen) atoms. The minimum atomic E-state index is -1.02. The van der Waals surface area contributed by atoms with Gasteiger partial charge in [-0.1, -0.05) is 0 Å². The molecule has 1 aromatic carbocycles. The van der Waals surface area contributed by atoms with Crippen molar-refractivity contribution in [3.05, 3.63) is 46.6 Å². The number of halogens is 2. The summed E-state index contributed by atoms with van der Waals surface area (Å²) < 4.78 is 31.7. The number of aromatic nitrogens is 2. The lowest BCUT2D eigenvalue weighted by atomic mass is 9.97. The summed E-state index contributed by atoms with van der Waals surface area (Å²) in [5.74, 6) is -2.09. The van der Waals surface area contributed by atoms with Gasteiger partial charge in [0.05, 0.1) is 5.39 Å². The maximum Gasteiger partial charge on any atom is 0.262 e. The fourth-order valence-electron chi connectivity index (χ4n) is 3.08. The van der Waals surface area contributed by atoms with E-state index in [1.54, 1.807) is 11.3 Å². The van der Waals surface area contributed by atoms with E-state index in [9.17, 15) is 13.6 Å². The van der Waals surface area contributed by atoms with Crippen LogP contribution in [0.2, 0.25) is 0 Å². The number of ether oxygens (including phenoxy) is 1. The van der Waals surface area contributed by atoms with Gasteiger partial charge in [-0.05, 0) is 43.4 Å².